The molecule has 0 aromatic carbocycles. The van der Waals surface area contributed by atoms with Crippen LogP contribution in [0.4, 0.5) is 0 Å². The van der Waals surface area contributed by atoms with Crippen LogP contribution < -0.4 is 0 Å². The number of nitrogens with zero attached hydrogens (tertiary/aromatic N) is 2. The van der Waals surface area contributed by atoms with E-state index in [2.05, 4.69) is 43.4 Å². The van der Waals surface area contributed by atoms with Gasteiger partial charge < -0.3 is 4.90 Å². The summed E-state index contributed by atoms with van der Waals surface area (Å²) in [7, 11) is 4.34. The zero-order chi connectivity index (χ0) is 9.14. The Kier molecular flexibility index (Phi) is 3.87. The highest BCUT2D eigenvalue weighted by atomic mass is 32.1. The van der Waals surface area contributed by atoms with Gasteiger partial charge in [0.15, 0.2) is 0 Å². The Bertz CT molecular complexity index is 138. The van der Waals surface area contributed by atoms with Crippen LogP contribution >= 0.6 is 12.6 Å². The number of rotatable bonds is 3. The minimum Gasteiger partial charge on any atom is -0.305 e. The molecule has 2 atom stereocenters. The maximum Gasteiger partial charge on any atom is 0.0254 e. The number of hydrogen-bond donors (Lipinski definition) is 1. The van der Waals surface area contributed by atoms with Crippen molar-refractivity contribution in [2.75, 3.05) is 32.9 Å². The van der Waals surface area contributed by atoms with Gasteiger partial charge in [-0.3, -0.25) is 4.90 Å². The maximum absolute atomic E-state index is 4.26. The molecule has 3 heteroatoms. The third kappa shape index (κ3) is 2.15. The molecule has 1 rings (SSSR count). The summed E-state index contributed by atoms with van der Waals surface area (Å²) in [6, 6.07) is 1.44. The molecule has 72 valence electrons. The summed E-state index contributed by atoms with van der Waals surface area (Å²) in [5, 5.41) is 0. The molecular formula is C9H20N2S. The van der Waals surface area contributed by atoms with Gasteiger partial charge in [0.1, 0.15) is 0 Å². The van der Waals surface area contributed by atoms with Gasteiger partial charge in [0.05, 0.1) is 0 Å². The van der Waals surface area contributed by atoms with Crippen molar-refractivity contribution in [1.82, 2.24) is 9.80 Å². The van der Waals surface area contributed by atoms with Crippen molar-refractivity contribution in [1.29, 1.82) is 0 Å². The predicted molar refractivity (Wildman–Crippen MR) is 57.0 cm³/mol. The molecule has 0 N–H and O–H groups in total. The second kappa shape index (κ2) is 4.49. The van der Waals surface area contributed by atoms with E-state index in [1.54, 1.807) is 0 Å². The monoisotopic (exact) mass is 188 g/mol. The highest BCUT2D eigenvalue weighted by molar-refractivity contribution is 7.80. The molecule has 0 amide bonds. The summed E-state index contributed by atoms with van der Waals surface area (Å²) in [6.45, 7) is 4.69. The lowest BCUT2D eigenvalue weighted by molar-refractivity contribution is 0.206. The fourth-order valence-corrected chi connectivity index (χ4v) is 2.38. The molecule has 1 heterocycles. The zero-order valence-electron chi connectivity index (χ0n) is 8.32. The van der Waals surface area contributed by atoms with Gasteiger partial charge in [0.2, 0.25) is 0 Å². The molecule has 1 saturated heterocycles. The standard InChI is InChI=1S/C9H20N2S/c1-8-9(10(2)3)4-5-11(8)6-7-12/h8-9,12H,4-7H2,1-3H3. The van der Waals surface area contributed by atoms with Crippen molar-refractivity contribution >= 4 is 12.6 Å². The van der Waals surface area contributed by atoms with Crippen LogP contribution in [0, 0.1) is 0 Å². The summed E-state index contributed by atoms with van der Waals surface area (Å²) >= 11 is 4.26. The van der Waals surface area contributed by atoms with Crippen LogP contribution in [0.25, 0.3) is 0 Å². The number of likely N-dealkylation sites (N-methyl/N-ethyl adjacent to an activating group) is 1. The number of hydrogen-bond acceptors (Lipinski definition) is 3. The highest BCUT2D eigenvalue weighted by Gasteiger charge is 2.30. The number of likely N-dealkylation sites (tertiary alicyclic amines) is 1. The summed E-state index contributed by atoms with van der Waals surface area (Å²) in [4.78, 5) is 4.86. The fourth-order valence-electron chi connectivity index (χ4n) is 2.12. The third-order valence-electron chi connectivity index (χ3n) is 2.90. The van der Waals surface area contributed by atoms with Crippen molar-refractivity contribution in [3.63, 3.8) is 0 Å². The van der Waals surface area contributed by atoms with Gasteiger partial charge in [-0.15, -0.1) is 0 Å². The first-order valence-corrected chi connectivity index (χ1v) is 5.31. The molecule has 1 aliphatic heterocycles. The Morgan fingerprint density at radius 2 is 2.17 bits per heavy atom. The van der Waals surface area contributed by atoms with E-state index in [4.69, 9.17) is 0 Å². The van der Waals surface area contributed by atoms with Crippen LogP contribution in [-0.4, -0.2) is 54.8 Å². The Balaban J connectivity index is 2.43. The van der Waals surface area contributed by atoms with E-state index in [1.165, 1.54) is 13.0 Å². The Hall–Kier alpha value is 0.270. The van der Waals surface area contributed by atoms with Crippen molar-refractivity contribution in [2.45, 2.75) is 25.4 Å². The van der Waals surface area contributed by atoms with Gasteiger partial charge in [-0.1, -0.05) is 0 Å². The van der Waals surface area contributed by atoms with E-state index in [1.807, 2.05) is 0 Å². The van der Waals surface area contributed by atoms with Crippen LogP contribution in [-0.2, 0) is 0 Å². The largest absolute Gasteiger partial charge is 0.305 e. The average molecular weight is 188 g/mol. The second-order valence-electron chi connectivity index (χ2n) is 3.82. The first-order chi connectivity index (χ1) is 5.66. The molecule has 2 unspecified atom stereocenters. The van der Waals surface area contributed by atoms with Crippen LogP contribution in [0.15, 0.2) is 0 Å². The average Bonchev–Trinajstić information content (AvgIpc) is 2.34. The molecule has 0 radical (unpaired) electrons. The highest BCUT2D eigenvalue weighted by Crippen LogP contribution is 2.20. The Labute approximate surface area is 81.3 Å². The topological polar surface area (TPSA) is 6.48 Å². The summed E-state index contributed by atoms with van der Waals surface area (Å²) < 4.78 is 0. The molecular weight excluding hydrogens is 168 g/mol. The Morgan fingerprint density at radius 1 is 1.50 bits per heavy atom. The van der Waals surface area contributed by atoms with E-state index >= 15 is 0 Å². The van der Waals surface area contributed by atoms with Crippen LogP contribution in [0.1, 0.15) is 13.3 Å². The van der Waals surface area contributed by atoms with E-state index < -0.39 is 0 Å². The minimum absolute atomic E-state index is 0.701. The van der Waals surface area contributed by atoms with E-state index in [0.29, 0.717) is 6.04 Å². The van der Waals surface area contributed by atoms with Gasteiger partial charge in [-0.2, -0.15) is 12.6 Å². The van der Waals surface area contributed by atoms with E-state index in [0.717, 1.165) is 18.3 Å². The van der Waals surface area contributed by atoms with Gasteiger partial charge in [0.25, 0.3) is 0 Å². The molecule has 0 spiro atoms. The van der Waals surface area contributed by atoms with Gasteiger partial charge >= 0.3 is 0 Å². The predicted octanol–water partition coefficient (Wildman–Crippen LogP) is 0.941. The molecule has 1 fully saturated rings. The molecule has 0 saturated carbocycles. The lowest BCUT2D eigenvalue weighted by Gasteiger charge is -2.27. The molecule has 0 aromatic heterocycles. The van der Waals surface area contributed by atoms with Crippen molar-refractivity contribution in [3.8, 4) is 0 Å². The fraction of sp³-hybridized carbons (Fsp3) is 1.00. The van der Waals surface area contributed by atoms with E-state index in [9.17, 15) is 0 Å². The zero-order valence-corrected chi connectivity index (χ0v) is 9.22. The molecule has 2 nitrogen and oxygen atoms in total. The number of thiol groups is 1. The van der Waals surface area contributed by atoms with Gasteiger partial charge in [0, 0.05) is 30.9 Å². The van der Waals surface area contributed by atoms with Crippen molar-refractivity contribution < 1.29 is 0 Å². The van der Waals surface area contributed by atoms with Crippen LogP contribution in [0.2, 0.25) is 0 Å². The quantitative estimate of drug-likeness (QED) is 0.659. The SMILES string of the molecule is CC1C(N(C)C)CCN1CCS. The first kappa shape index (κ1) is 10.4. The van der Waals surface area contributed by atoms with Crippen LogP contribution in [0.5, 0.6) is 0 Å². The lowest BCUT2D eigenvalue weighted by atomic mass is 10.1. The summed E-state index contributed by atoms with van der Waals surface area (Å²) in [6.07, 6.45) is 1.31. The minimum atomic E-state index is 0.701. The molecule has 0 aliphatic carbocycles. The molecule has 0 aromatic rings. The lowest BCUT2D eigenvalue weighted by Crippen LogP contribution is -2.40. The van der Waals surface area contributed by atoms with Gasteiger partial charge in [-0.05, 0) is 27.4 Å². The van der Waals surface area contributed by atoms with E-state index in [-0.39, 0.29) is 0 Å². The maximum atomic E-state index is 4.26. The van der Waals surface area contributed by atoms with Crippen LogP contribution in [0.3, 0.4) is 0 Å². The Morgan fingerprint density at radius 3 is 2.58 bits per heavy atom. The molecule has 0 bridgehead atoms. The smallest absolute Gasteiger partial charge is 0.0254 e. The molecule has 1 aliphatic rings. The first-order valence-electron chi connectivity index (χ1n) is 4.68. The van der Waals surface area contributed by atoms with Crippen molar-refractivity contribution in [3.05, 3.63) is 0 Å². The normalized spacial score (nSPS) is 31.8. The second-order valence-corrected chi connectivity index (χ2v) is 4.27. The summed E-state index contributed by atoms with van der Waals surface area (Å²) in [5.41, 5.74) is 0. The van der Waals surface area contributed by atoms with Crippen molar-refractivity contribution in [2.24, 2.45) is 0 Å². The third-order valence-corrected chi connectivity index (χ3v) is 3.10. The van der Waals surface area contributed by atoms with Gasteiger partial charge in [-0.25, -0.2) is 0 Å². The summed E-state index contributed by atoms with van der Waals surface area (Å²) in [5.74, 6) is 0.977. The molecule has 12 heavy (non-hydrogen) atoms.